The number of hydrogen-bond donors (Lipinski definition) is 3. The number of rotatable bonds is 3. The summed E-state index contributed by atoms with van der Waals surface area (Å²) in [5, 5.41) is 10.9. The molecule has 28 heavy (non-hydrogen) atoms. The summed E-state index contributed by atoms with van der Waals surface area (Å²) in [7, 11) is 0. The van der Waals surface area contributed by atoms with Crippen LogP contribution in [0.15, 0.2) is 48.5 Å². The molecule has 0 fully saturated rings. The average molecular weight is 389 g/mol. The average Bonchev–Trinajstić information content (AvgIpc) is 3.22. The van der Waals surface area contributed by atoms with Crippen molar-refractivity contribution in [3.05, 3.63) is 75.8 Å². The molecule has 0 atom stereocenters. The molecule has 4 aromatic rings. The van der Waals surface area contributed by atoms with Crippen LogP contribution in [0.5, 0.6) is 5.88 Å². The van der Waals surface area contributed by atoms with Gasteiger partial charge >= 0.3 is 5.97 Å². The summed E-state index contributed by atoms with van der Waals surface area (Å²) in [6.45, 7) is 0.329. The number of nitrogens with one attached hydrogen (secondary N) is 2. The van der Waals surface area contributed by atoms with E-state index in [2.05, 4.69) is 21.0 Å². The zero-order chi connectivity index (χ0) is 19.3. The number of imidazole rings is 1. The second-order valence-corrected chi connectivity index (χ2v) is 7.15. The van der Waals surface area contributed by atoms with Crippen molar-refractivity contribution in [3.8, 4) is 17.0 Å². The summed E-state index contributed by atoms with van der Waals surface area (Å²) >= 11 is 4.99. The first-order valence-electron chi connectivity index (χ1n) is 8.77. The van der Waals surface area contributed by atoms with E-state index in [0.29, 0.717) is 29.1 Å². The minimum atomic E-state index is -0.259. The monoisotopic (exact) mass is 389 g/mol. The van der Waals surface area contributed by atoms with Crippen LogP contribution >= 0.6 is 12.2 Å². The number of pyridine rings is 1. The highest BCUT2D eigenvalue weighted by Gasteiger charge is 2.21. The molecule has 0 saturated heterocycles. The summed E-state index contributed by atoms with van der Waals surface area (Å²) in [5.74, 6) is -0.216. The third-order valence-corrected chi connectivity index (χ3v) is 5.11. The van der Waals surface area contributed by atoms with Crippen molar-refractivity contribution >= 4 is 29.1 Å². The summed E-state index contributed by atoms with van der Waals surface area (Å²) in [5.41, 5.74) is 5.96. The van der Waals surface area contributed by atoms with Gasteiger partial charge in [-0.05, 0) is 53.7 Å². The molecule has 0 radical (unpaired) electrons. The summed E-state index contributed by atoms with van der Waals surface area (Å²) in [4.78, 5) is 21.9. The number of aromatic amines is 2. The van der Waals surface area contributed by atoms with Crippen LogP contribution in [0.4, 0.5) is 0 Å². The first-order chi connectivity index (χ1) is 13.6. The zero-order valence-electron chi connectivity index (χ0n) is 14.7. The van der Waals surface area contributed by atoms with Gasteiger partial charge in [0.2, 0.25) is 5.88 Å². The molecule has 1 aliphatic rings. The van der Waals surface area contributed by atoms with E-state index in [1.54, 1.807) is 0 Å². The molecular formula is C21H15N3O3S. The molecule has 0 aliphatic carbocycles. The van der Waals surface area contributed by atoms with Gasteiger partial charge in [-0.25, -0.2) is 4.79 Å². The Balaban J connectivity index is 1.48. The number of aromatic hydroxyl groups is 1. The highest BCUT2D eigenvalue weighted by Crippen LogP contribution is 2.29. The molecule has 1 aliphatic heterocycles. The second kappa shape index (κ2) is 6.31. The fourth-order valence-electron chi connectivity index (χ4n) is 3.48. The van der Waals surface area contributed by atoms with Crippen molar-refractivity contribution in [1.82, 2.24) is 15.0 Å². The summed E-state index contributed by atoms with van der Waals surface area (Å²) in [6, 6.07) is 15.8. The van der Waals surface area contributed by atoms with Crippen molar-refractivity contribution in [3.63, 3.8) is 0 Å². The van der Waals surface area contributed by atoms with E-state index in [1.165, 1.54) is 0 Å². The molecule has 2 aromatic heterocycles. The molecule has 0 bridgehead atoms. The van der Waals surface area contributed by atoms with Crippen molar-refractivity contribution in [1.29, 1.82) is 0 Å². The molecule has 0 saturated carbocycles. The molecule has 0 spiro atoms. The molecule has 0 amide bonds. The minimum Gasteiger partial charge on any atom is -0.493 e. The topological polar surface area (TPSA) is 91.0 Å². The third-order valence-electron chi connectivity index (χ3n) is 4.90. The van der Waals surface area contributed by atoms with Gasteiger partial charge in [0.1, 0.15) is 6.61 Å². The van der Waals surface area contributed by atoms with Crippen LogP contribution in [-0.4, -0.2) is 26.0 Å². The molecule has 3 heterocycles. The van der Waals surface area contributed by atoms with Gasteiger partial charge in [-0.15, -0.1) is 0 Å². The lowest BCUT2D eigenvalue weighted by atomic mass is 9.99. The highest BCUT2D eigenvalue weighted by molar-refractivity contribution is 7.71. The maximum atomic E-state index is 11.6. The molecule has 138 valence electrons. The molecular weight excluding hydrogens is 374 g/mol. The van der Waals surface area contributed by atoms with Crippen molar-refractivity contribution < 1.29 is 14.6 Å². The number of esters is 1. The third kappa shape index (κ3) is 2.86. The number of cyclic esters (lactones) is 1. The number of carbonyl (C=O) groups excluding carboxylic acids is 1. The van der Waals surface area contributed by atoms with Gasteiger partial charge in [0.15, 0.2) is 4.77 Å². The first kappa shape index (κ1) is 16.7. The fraction of sp³-hybridized carbons (Fsp3) is 0.0952. The Hall–Kier alpha value is -3.45. The van der Waals surface area contributed by atoms with Gasteiger partial charge in [-0.1, -0.05) is 18.2 Å². The lowest BCUT2D eigenvalue weighted by Crippen LogP contribution is -1.94. The van der Waals surface area contributed by atoms with Crippen molar-refractivity contribution in [2.75, 3.05) is 0 Å². The van der Waals surface area contributed by atoms with E-state index in [9.17, 15) is 9.90 Å². The van der Waals surface area contributed by atoms with Gasteiger partial charge in [-0.3, -0.25) is 4.98 Å². The Kier molecular flexibility index (Phi) is 3.77. The molecule has 2 aromatic carbocycles. The smallest absolute Gasteiger partial charge is 0.338 e. The summed E-state index contributed by atoms with van der Waals surface area (Å²) in [6.07, 6.45) is 0.454. The number of ether oxygens (including phenoxy) is 1. The van der Waals surface area contributed by atoms with Crippen molar-refractivity contribution in [2.45, 2.75) is 13.0 Å². The molecule has 6 nitrogen and oxygen atoms in total. The lowest BCUT2D eigenvalue weighted by Gasteiger charge is -2.07. The van der Waals surface area contributed by atoms with Gasteiger partial charge in [0.25, 0.3) is 0 Å². The normalized spacial score (nSPS) is 12.9. The number of hydrogen-bond acceptors (Lipinski definition) is 5. The quantitative estimate of drug-likeness (QED) is 0.360. The second-order valence-electron chi connectivity index (χ2n) is 6.74. The number of carbonyl (C=O) groups is 1. The Labute approximate surface area is 164 Å². The van der Waals surface area contributed by atoms with Crippen LogP contribution in [0.1, 0.15) is 27.3 Å². The molecule has 5 rings (SSSR count). The highest BCUT2D eigenvalue weighted by atomic mass is 32.1. The van der Waals surface area contributed by atoms with Gasteiger partial charge < -0.3 is 19.8 Å². The van der Waals surface area contributed by atoms with E-state index in [0.717, 1.165) is 33.3 Å². The number of nitrogens with zero attached hydrogens (tertiary/aromatic N) is 1. The summed E-state index contributed by atoms with van der Waals surface area (Å²) < 4.78 is 5.47. The zero-order valence-corrected chi connectivity index (χ0v) is 15.5. The predicted octanol–water partition coefficient (Wildman–Crippen LogP) is 4.25. The fourth-order valence-corrected chi connectivity index (χ4v) is 3.70. The Morgan fingerprint density at radius 1 is 1.07 bits per heavy atom. The standard InChI is InChI=1S/C21H15N3O3S/c25-19-18(23-21(28)24-19)9-15-4-1-13-7-12(3-6-17(13)22-15)11-2-5-16-14(8-11)10-27-20(16)26/h1-8,25H,9-10H2,(H2,23,24,28). The van der Waals surface area contributed by atoms with Gasteiger partial charge in [-0.2, -0.15) is 0 Å². The van der Waals surface area contributed by atoms with Crippen LogP contribution in [0.25, 0.3) is 22.0 Å². The Morgan fingerprint density at radius 2 is 1.89 bits per heavy atom. The largest absolute Gasteiger partial charge is 0.493 e. The van der Waals surface area contributed by atoms with Crippen LogP contribution in [-0.2, 0) is 17.8 Å². The number of aromatic nitrogens is 3. The Morgan fingerprint density at radius 3 is 2.71 bits per heavy atom. The lowest BCUT2D eigenvalue weighted by molar-refractivity contribution is 0.0535. The Bertz CT molecular complexity index is 1310. The first-order valence-corrected chi connectivity index (χ1v) is 9.18. The molecule has 3 N–H and O–H groups in total. The van der Waals surface area contributed by atoms with Crippen LogP contribution in [0.2, 0.25) is 0 Å². The van der Waals surface area contributed by atoms with E-state index in [-0.39, 0.29) is 11.8 Å². The number of H-pyrrole nitrogens is 2. The van der Waals surface area contributed by atoms with E-state index in [1.807, 2.05) is 42.5 Å². The predicted molar refractivity (Wildman–Crippen MR) is 107 cm³/mol. The van der Waals surface area contributed by atoms with Crippen LogP contribution in [0.3, 0.4) is 0 Å². The van der Waals surface area contributed by atoms with Gasteiger partial charge in [0, 0.05) is 23.1 Å². The molecule has 0 unspecified atom stereocenters. The van der Waals surface area contributed by atoms with Crippen molar-refractivity contribution in [2.24, 2.45) is 0 Å². The molecule has 7 heteroatoms. The SMILES string of the molecule is O=C1OCc2cc(-c3ccc4nc(Cc5[nH]c(=S)[nH]c5O)ccc4c3)ccc21. The van der Waals surface area contributed by atoms with Crippen LogP contribution in [0, 0.1) is 4.77 Å². The van der Waals surface area contributed by atoms with Gasteiger partial charge in [0.05, 0.1) is 16.8 Å². The number of fused-ring (bicyclic) bond motifs is 2. The van der Waals surface area contributed by atoms with E-state index in [4.69, 9.17) is 17.0 Å². The minimum absolute atomic E-state index is 0.0429. The van der Waals surface area contributed by atoms with E-state index >= 15 is 0 Å². The van der Waals surface area contributed by atoms with E-state index < -0.39 is 0 Å². The maximum Gasteiger partial charge on any atom is 0.338 e. The maximum absolute atomic E-state index is 11.6. The van der Waals surface area contributed by atoms with Crippen LogP contribution < -0.4 is 0 Å². The number of benzene rings is 2.